The van der Waals surface area contributed by atoms with Crippen molar-refractivity contribution in [3.8, 4) is 0 Å². The first-order chi connectivity index (χ1) is 9.52. The first kappa shape index (κ1) is 16.8. The van der Waals surface area contributed by atoms with Crippen molar-refractivity contribution in [2.75, 3.05) is 13.1 Å². The first-order valence-corrected chi connectivity index (χ1v) is 7.80. The van der Waals surface area contributed by atoms with Crippen molar-refractivity contribution < 1.29 is 14.7 Å². The van der Waals surface area contributed by atoms with Gasteiger partial charge >= 0.3 is 12.0 Å². The Morgan fingerprint density at radius 1 is 1.35 bits per heavy atom. The molecule has 1 aliphatic heterocycles. The number of nitrogens with zero attached hydrogens (tertiary/aromatic N) is 1. The van der Waals surface area contributed by atoms with Crippen LogP contribution in [0.3, 0.4) is 0 Å². The van der Waals surface area contributed by atoms with Crippen LogP contribution in [0.2, 0.25) is 0 Å². The number of piperidine rings is 1. The van der Waals surface area contributed by atoms with Crippen molar-refractivity contribution >= 4 is 12.0 Å². The zero-order chi connectivity index (χ0) is 15.0. The third kappa shape index (κ3) is 6.26. The van der Waals surface area contributed by atoms with Gasteiger partial charge in [-0.05, 0) is 38.5 Å². The smallest absolute Gasteiger partial charge is 0.317 e. The number of amides is 2. The van der Waals surface area contributed by atoms with E-state index in [2.05, 4.69) is 12.2 Å². The van der Waals surface area contributed by atoms with Crippen LogP contribution in [0.1, 0.15) is 58.8 Å². The summed E-state index contributed by atoms with van der Waals surface area (Å²) < 4.78 is 0. The highest BCUT2D eigenvalue weighted by Crippen LogP contribution is 2.21. The van der Waals surface area contributed by atoms with E-state index in [1.54, 1.807) is 0 Å². The van der Waals surface area contributed by atoms with Gasteiger partial charge in [-0.25, -0.2) is 4.79 Å². The van der Waals surface area contributed by atoms with E-state index in [9.17, 15) is 9.59 Å². The highest BCUT2D eigenvalue weighted by atomic mass is 16.4. The van der Waals surface area contributed by atoms with Gasteiger partial charge < -0.3 is 15.3 Å². The fraction of sp³-hybridized carbons (Fsp3) is 0.867. The van der Waals surface area contributed by atoms with Crippen LogP contribution in [0, 0.1) is 5.92 Å². The topological polar surface area (TPSA) is 69.6 Å². The number of carbonyl (C=O) groups is 2. The van der Waals surface area contributed by atoms with Gasteiger partial charge in [0.1, 0.15) is 0 Å². The minimum Gasteiger partial charge on any atom is -0.481 e. The normalized spacial score (nSPS) is 17.8. The summed E-state index contributed by atoms with van der Waals surface area (Å²) in [4.78, 5) is 24.5. The standard InChI is InChI=1S/C15H28N2O3/c1-3-4-5-12(2)16-15(20)17-10-8-13(9-11-17)6-7-14(18)19/h12-13H,3-11H2,1-2H3,(H,16,20)(H,18,19). The summed E-state index contributed by atoms with van der Waals surface area (Å²) in [5, 5.41) is 11.7. The molecule has 0 aromatic carbocycles. The van der Waals surface area contributed by atoms with Gasteiger partial charge in [-0.15, -0.1) is 0 Å². The van der Waals surface area contributed by atoms with Gasteiger partial charge in [-0.3, -0.25) is 4.79 Å². The molecule has 2 amide bonds. The molecule has 5 heteroatoms. The minimum absolute atomic E-state index is 0.0327. The number of hydrogen-bond acceptors (Lipinski definition) is 2. The van der Waals surface area contributed by atoms with Crippen LogP contribution in [0.25, 0.3) is 0 Å². The van der Waals surface area contributed by atoms with Crippen LogP contribution in [-0.4, -0.2) is 41.1 Å². The molecule has 1 atom stereocenters. The number of likely N-dealkylation sites (tertiary alicyclic amines) is 1. The summed E-state index contributed by atoms with van der Waals surface area (Å²) in [6, 6.07) is 0.262. The lowest BCUT2D eigenvalue weighted by Gasteiger charge is -2.32. The van der Waals surface area contributed by atoms with E-state index in [4.69, 9.17) is 5.11 Å². The zero-order valence-electron chi connectivity index (χ0n) is 12.7. The van der Waals surface area contributed by atoms with Crippen molar-refractivity contribution in [1.82, 2.24) is 10.2 Å². The number of rotatable bonds is 7. The van der Waals surface area contributed by atoms with Crippen molar-refractivity contribution in [3.63, 3.8) is 0 Å². The lowest BCUT2D eigenvalue weighted by atomic mass is 9.92. The Bertz CT molecular complexity index is 312. The zero-order valence-corrected chi connectivity index (χ0v) is 12.7. The van der Waals surface area contributed by atoms with E-state index >= 15 is 0 Å². The summed E-state index contributed by atoms with van der Waals surface area (Å²) in [6.07, 6.45) is 6.13. The highest BCUT2D eigenvalue weighted by molar-refractivity contribution is 5.74. The molecule has 20 heavy (non-hydrogen) atoms. The van der Waals surface area contributed by atoms with Crippen LogP contribution < -0.4 is 5.32 Å². The molecule has 0 spiro atoms. The molecule has 1 heterocycles. The molecule has 1 fully saturated rings. The molecular formula is C15H28N2O3. The largest absolute Gasteiger partial charge is 0.481 e. The summed E-state index contributed by atoms with van der Waals surface area (Å²) in [5.74, 6) is -0.275. The van der Waals surface area contributed by atoms with Crippen molar-refractivity contribution in [2.45, 2.75) is 64.8 Å². The Balaban J connectivity index is 2.23. The fourth-order valence-electron chi connectivity index (χ4n) is 2.64. The third-order valence-corrected chi connectivity index (χ3v) is 4.03. The van der Waals surface area contributed by atoms with Gasteiger partial charge in [-0.1, -0.05) is 19.8 Å². The van der Waals surface area contributed by atoms with Gasteiger partial charge in [0.25, 0.3) is 0 Å². The molecule has 0 radical (unpaired) electrons. The van der Waals surface area contributed by atoms with Gasteiger partial charge in [0.15, 0.2) is 0 Å². The monoisotopic (exact) mass is 284 g/mol. The highest BCUT2D eigenvalue weighted by Gasteiger charge is 2.23. The van der Waals surface area contributed by atoms with E-state index in [1.165, 1.54) is 0 Å². The van der Waals surface area contributed by atoms with Crippen molar-refractivity contribution in [2.24, 2.45) is 5.92 Å². The van der Waals surface area contributed by atoms with Gasteiger partial charge in [-0.2, -0.15) is 0 Å². The second-order valence-electron chi connectivity index (χ2n) is 5.86. The summed E-state index contributed by atoms with van der Waals surface area (Å²) in [7, 11) is 0. The second-order valence-corrected chi connectivity index (χ2v) is 5.86. The number of urea groups is 1. The molecule has 0 saturated carbocycles. The van der Waals surface area contributed by atoms with Crippen LogP contribution in [0.15, 0.2) is 0 Å². The number of unbranched alkanes of at least 4 members (excludes halogenated alkanes) is 1. The van der Waals surface area contributed by atoms with E-state index in [1.807, 2.05) is 11.8 Å². The maximum atomic E-state index is 12.1. The van der Waals surface area contributed by atoms with Crippen LogP contribution in [0.5, 0.6) is 0 Å². The van der Waals surface area contributed by atoms with Gasteiger partial charge in [0, 0.05) is 25.6 Å². The molecule has 2 N–H and O–H groups in total. The van der Waals surface area contributed by atoms with Crippen molar-refractivity contribution in [3.05, 3.63) is 0 Å². The van der Waals surface area contributed by atoms with Crippen LogP contribution >= 0.6 is 0 Å². The first-order valence-electron chi connectivity index (χ1n) is 7.80. The molecule has 1 unspecified atom stereocenters. The summed E-state index contributed by atoms with van der Waals surface area (Å²) >= 11 is 0. The van der Waals surface area contributed by atoms with E-state index in [0.717, 1.165) is 51.6 Å². The van der Waals surface area contributed by atoms with Crippen LogP contribution in [-0.2, 0) is 4.79 Å². The molecule has 0 aromatic heterocycles. The Labute approximate surface area is 121 Å². The van der Waals surface area contributed by atoms with Crippen LogP contribution in [0.4, 0.5) is 4.79 Å². The Morgan fingerprint density at radius 3 is 2.55 bits per heavy atom. The Kier molecular flexibility index (Phi) is 7.41. The molecule has 0 aliphatic carbocycles. The SMILES string of the molecule is CCCCC(C)NC(=O)N1CCC(CCC(=O)O)CC1. The Hall–Kier alpha value is -1.26. The molecule has 1 aliphatic rings. The average Bonchev–Trinajstić information content (AvgIpc) is 2.43. The molecule has 0 bridgehead atoms. The van der Waals surface area contributed by atoms with E-state index in [-0.39, 0.29) is 18.5 Å². The average molecular weight is 284 g/mol. The van der Waals surface area contributed by atoms with E-state index < -0.39 is 5.97 Å². The van der Waals surface area contributed by atoms with E-state index in [0.29, 0.717) is 5.92 Å². The van der Waals surface area contributed by atoms with Gasteiger partial charge in [0.2, 0.25) is 0 Å². The maximum absolute atomic E-state index is 12.1. The number of carbonyl (C=O) groups excluding carboxylic acids is 1. The van der Waals surface area contributed by atoms with Crippen molar-refractivity contribution in [1.29, 1.82) is 0 Å². The quantitative estimate of drug-likeness (QED) is 0.755. The lowest BCUT2D eigenvalue weighted by molar-refractivity contribution is -0.137. The minimum atomic E-state index is -0.727. The third-order valence-electron chi connectivity index (χ3n) is 4.03. The predicted octanol–water partition coefficient (Wildman–Crippen LogP) is 2.85. The Morgan fingerprint density at radius 2 is 2.00 bits per heavy atom. The molecule has 116 valence electrons. The van der Waals surface area contributed by atoms with Gasteiger partial charge in [0.05, 0.1) is 0 Å². The second kappa shape index (κ2) is 8.82. The molecular weight excluding hydrogens is 256 g/mol. The molecule has 1 saturated heterocycles. The molecule has 5 nitrogen and oxygen atoms in total. The summed E-state index contributed by atoms with van der Waals surface area (Å²) in [6.45, 7) is 5.69. The predicted molar refractivity (Wildman–Crippen MR) is 78.7 cm³/mol. The number of carboxylic acid groups (broad SMARTS) is 1. The maximum Gasteiger partial charge on any atom is 0.317 e. The summed E-state index contributed by atoms with van der Waals surface area (Å²) in [5.41, 5.74) is 0. The number of hydrogen-bond donors (Lipinski definition) is 2. The fourth-order valence-corrected chi connectivity index (χ4v) is 2.64. The number of carboxylic acids is 1. The number of nitrogens with one attached hydrogen (secondary N) is 1. The lowest BCUT2D eigenvalue weighted by Crippen LogP contribution is -2.47. The number of aliphatic carboxylic acids is 1. The molecule has 0 aromatic rings. The molecule has 1 rings (SSSR count).